The van der Waals surface area contributed by atoms with Crippen molar-refractivity contribution in [3.8, 4) is 22.6 Å². The summed E-state index contributed by atoms with van der Waals surface area (Å²) in [5.74, 6) is 1.64. The molecule has 0 amide bonds. The molecule has 1 aliphatic rings. The predicted molar refractivity (Wildman–Crippen MR) is 144 cm³/mol. The van der Waals surface area contributed by atoms with Crippen LogP contribution in [0.3, 0.4) is 0 Å². The third-order valence-electron chi connectivity index (χ3n) is 6.85. The van der Waals surface area contributed by atoms with Crippen LogP contribution in [0.4, 0.5) is 4.39 Å². The van der Waals surface area contributed by atoms with Gasteiger partial charge in [-0.1, -0.05) is 51.1 Å². The number of halogens is 1. The van der Waals surface area contributed by atoms with Gasteiger partial charge in [0.15, 0.2) is 0 Å². The van der Waals surface area contributed by atoms with Crippen LogP contribution in [0.2, 0.25) is 0 Å². The van der Waals surface area contributed by atoms with E-state index in [1.54, 1.807) is 19.2 Å². The summed E-state index contributed by atoms with van der Waals surface area (Å²) in [5.41, 5.74) is 4.63. The van der Waals surface area contributed by atoms with E-state index in [2.05, 4.69) is 32.9 Å². The van der Waals surface area contributed by atoms with Gasteiger partial charge in [0.2, 0.25) is 0 Å². The van der Waals surface area contributed by atoms with Crippen molar-refractivity contribution < 1.29 is 23.4 Å². The Kier molecular flexibility index (Phi) is 8.21. The zero-order valence-corrected chi connectivity index (χ0v) is 22.5. The molecule has 1 fully saturated rings. The van der Waals surface area contributed by atoms with Crippen molar-refractivity contribution in [3.63, 3.8) is 0 Å². The molecule has 0 aliphatic heterocycles. The van der Waals surface area contributed by atoms with Crippen LogP contribution in [0.25, 0.3) is 11.1 Å². The quantitative estimate of drug-likeness (QED) is 0.265. The molecule has 0 radical (unpaired) electrons. The lowest BCUT2D eigenvalue weighted by atomic mass is 9.84. The molecule has 4 nitrogen and oxygen atoms in total. The molecule has 3 aromatic carbocycles. The summed E-state index contributed by atoms with van der Waals surface area (Å²) in [7, 11) is 3.03. The van der Waals surface area contributed by atoms with E-state index in [0.717, 1.165) is 47.3 Å². The molecule has 0 unspecified atom stereocenters. The fraction of sp³-hybridized carbons (Fsp3) is 0.406. The van der Waals surface area contributed by atoms with E-state index in [1.807, 2.05) is 30.3 Å². The molecule has 5 heteroatoms. The maximum absolute atomic E-state index is 14.8. The molecular formula is C32H37FO4. The molecule has 196 valence electrons. The number of hydrogen-bond donors (Lipinski definition) is 0. The van der Waals surface area contributed by atoms with Gasteiger partial charge in [-0.15, -0.1) is 0 Å². The van der Waals surface area contributed by atoms with Gasteiger partial charge in [-0.3, -0.25) is 4.79 Å². The minimum Gasteiger partial charge on any atom is -0.497 e. The SMILES string of the molecule is COC(=O)C[C@H](c1cccc(OCc2ccc(-c3cc(OC)ccc3F)c(CC(C)(C)C)c2)c1)C1CC1. The average Bonchev–Trinajstić information content (AvgIpc) is 3.71. The molecule has 0 spiro atoms. The second-order valence-corrected chi connectivity index (χ2v) is 11.2. The van der Waals surface area contributed by atoms with E-state index in [0.29, 0.717) is 30.3 Å². The van der Waals surface area contributed by atoms with Gasteiger partial charge in [-0.2, -0.15) is 0 Å². The third-order valence-corrected chi connectivity index (χ3v) is 6.85. The lowest BCUT2D eigenvalue weighted by Gasteiger charge is -2.22. The Morgan fingerprint density at radius 2 is 1.76 bits per heavy atom. The average molecular weight is 505 g/mol. The highest BCUT2D eigenvalue weighted by atomic mass is 19.1. The van der Waals surface area contributed by atoms with Crippen molar-refractivity contribution in [2.45, 2.75) is 59.0 Å². The molecule has 4 rings (SSSR count). The highest BCUT2D eigenvalue weighted by molar-refractivity contribution is 5.71. The number of benzene rings is 3. The molecule has 1 aliphatic carbocycles. The van der Waals surface area contributed by atoms with Crippen LogP contribution in [0.5, 0.6) is 11.5 Å². The summed E-state index contributed by atoms with van der Waals surface area (Å²) in [6, 6.07) is 19.0. The Balaban J connectivity index is 1.56. The van der Waals surface area contributed by atoms with Gasteiger partial charge in [-0.05, 0) is 89.1 Å². The van der Waals surface area contributed by atoms with E-state index in [-0.39, 0.29) is 23.1 Å². The van der Waals surface area contributed by atoms with Crippen molar-refractivity contribution in [3.05, 3.63) is 83.2 Å². The first-order valence-corrected chi connectivity index (χ1v) is 12.9. The van der Waals surface area contributed by atoms with Crippen LogP contribution in [-0.4, -0.2) is 20.2 Å². The molecule has 0 aromatic heterocycles. The number of carbonyl (C=O) groups is 1. The van der Waals surface area contributed by atoms with Crippen molar-refractivity contribution in [1.82, 2.24) is 0 Å². The molecule has 0 N–H and O–H groups in total. The van der Waals surface area contributed by atoms with Gasteiger partial charge in [0.05, 0.1) is 20.6 Å². The summed E-state index contributed by atoms with van der Waals surface area (Å²) in [6.07, 6.45) is 3.47. The highest BCUT2D eigenvalue weighted by Gasteiger charge is 2.34. The summed E-state index contributed by atoms with van der Waals surface area (Å²) in [6.45, 7) is 6.93. The van der Waals surface area contributed by atoms with Gasteiger partial charge >= 0.3 is 5.97 Å². The second-order valence-electron chi connectivity index (χ2n) is 11.2. The molecule has 0 bridgehead atoms. The zero-order valence-electron chi connectivity index (χ0n) is 22.5. The third kappa shape index (κ3) is 7.12. The van der Waals surface area contributed by atoms with E-state index >= 15 is 0 Å². The topological polar surface area (TPSA) is 44.8 Å². The second kappa shape index (κ2) is 11.4. The largest absolute Gasteiger partial charge is 0.497 e. The summed E-state index contributed by atoms with van der Waals surface area (Å²) in [5, 5.41) is 0. The first-order valence-electron chi connectivity index (χ1n) is 12.9. The fourth-order valence-corrected chi connectivity index (χ4v) is 4.87. The molecule has 0 heterocycles. The van der Waals surface area contributed by atoms with Gasteiger partial charge in [0.25, 0.3) is 0 Å². The maximum atomic E-state index is 14.8. The van der Waals surface area contributed by atoms with E-state index in [1.165, 1.54) is 13.2 Å². The lowest BCUT2D eigenvalue weighted by molar-refractivity contribution is -0.141. The zero-order chi connectivity index (χ0) is 26.6. The van der Waals surface area contributed by atoms with Crippen molar-refractivity contribution >= 4 is 5.97 Å². The van der Waals surface area contributed by atoms with E-state index in [9.17, 15) is 9.18 Å². The highest BCUT2D eigenvalue weighted by Crippen LogP contribution is 2.45. The molecular weight excluding hydrogens is 467 g/mol. The van der Waals surface area contributed by atoms with E-state index < -0.39 is 0 Å². The maximum Gasteiger partial charge on any atom is 0.306 e. The van der Waals surface area contributed by atoms with Gasteiger partial charge in [0.1, 0.15) is 23.9 Å². The first-order chi connectivity index (χ1) is 17.7. The minimum atomic E-state index is -0.269. The van der Waals surface area contributed by atoms with Gasteiger partial charge < -0.3 is 14.2 Å². The Bertz CT molecular complexity index is 1240. The summed E-state index contributed by atoms with van der Waals surface area (Å²) < 4.78 is 31.3. The standard InChI is InChI=1S/C32H37FO4/c1-32(2,3)19-24-15-21(9-13-27(24)29-17-25(35-4)12-14-30(29)33)20-37-26-8-6-7-23(16-26)28(22-10-11-22)18-31(34)36-5/h6-9,12-17,22,28H,10-11,18-20H2,1-5H3/t28-/m0/s1. The van der Waals surface area contributed by atoms with Crippen LogP contribution < -0.4 is 9.47 Å². The minimum absolute atomic E-state index is 0.0232. The van der Waals surface area contributed by atoms with Gasteiger partial charge in [0, 0.05) is 5.56 Å². The van der Waals surface area contributed by atoms with Gasteiger partial charge in [-0.25, -0.2) is 4.39 Å². The molecule has 1 saturated carbocycles. The smallest absolute Gasteiger partial charge is 0.306 e. The number of ether oxygens (including phenoxy) is 3. The van der Waals surface area contributed by atoms with E-state index in [4.69, 9.17) is 14.2 Å². The van der Waals surface area contributed by atoms with Crippen LogP contribution >= 0.6 is 0 Å². The normalized spacial score (nSPS) is 14.2. The molecule has 1 atom stereocenters. The predicted octanol–water partition coefficient (Wildman–Crippen LogP) is 7.73. The Hall–Kier alpha value is -3.34. The summed E-state index contributed by atoms with van der Waals surface area (Å²) >= 11 is 0. The van der Waals surface area contributed by atoms with Crippen molar-refractivity contribution in [2.75, 3.05) is 14.2 Å². The Labute approximate surface area is 219 Å². The molecule has 0 saturated heterocycles. The lowest BCUT2D eigenvalue weighted by Crippen LogP contribution is -2.11. The van der Waals surface area contributed by atoms with Crippen LogP contribution in [0, 0.1) is 17.2 Å². The fourth-order valence-electron chi connectivity index (χ4n) is 4.87. The number of methoxy groups -OCH3 is 2. The Morgan fingerprint density at radius 3 is 2.43 bits per heavy atom. The number of rotatable bonds is 10. The summed E-state index contributed by atoms with van der Waals surface area (Å²) in [4.78, 5) is 12.0. The number of hydrogen-bond acceptors (Lipinski definition) is 4. The number of esters is 1. The Morgan fingerprint density at radius 1 is 0.973 bits per heavy atom. The monoisotopic (exact) mass is 504 g/mol. The molecule has 37 heavy (non-hydrogen) atoms. The van der Waals surface area contributed by atoms with Crippen molar-refractivity contribution in [1.29, 1.82) is 0 Å². The van der Waals surface area contributed by atoms with Crippen molar-refractivity contribution in [2.24, 2.45) is 11.3 Å². The first kappa shape index (κ1) is 26.7. The van der Waals surface area contributed by atoms with Crippen LogP contribution in [-0.2, 0) is 22.6 Å². The van der Waals surface area contributed by atoms with Crippen LogP contribution in [0.15, 0.2) is 60.7 Å². The molecule has 3 aromatic rings. The number of carbonyl (C=O) groups excluding carboxylic acids is 1. The van der Waals surface area contributed by atoms with Crippen LogP contribution in [0.1, 0.15) is 62.6 Å².